The number of nitrogens with zero attached hydrogens (tertiary/aromatic N) is 1. The highest BCUT2D eigenvalue weighted by molar-refractivity contribution is 5.99. The Balaban J connectivity index is 2.16. The molecule has 3 nitrogen and oxygen atoms in total. The Kier molecular flexibility index (Phi) is 4.61. The van der Waals surface area contributed by atoms with Gasteiger partial charge in [0.1, 0.15) is 0 Å². The van der Waals surface area contributed by atoms with Gasteiger partial charge in [-0.15, -0.1) is 0 Å². The SMILES string of the molecule is Cc1ccc(C(C)(C)C)cc1C(=O)CN1CCNCC1. The third-order valence-electron chi connectivity index (χ3n) is 3.98. The summed E-state index contributed by atoms with van der Waals surface area (Å²) in [6, 6.07) is 6.29. The van der Waals surface area contributed by atoms with E-state index in [1.165, 1.54) is 5.56 Å². The number of benzene rings is 1. The lowest BCUT2D eigenvalue weighted by molar-refractivity contribution is 0.0921. The third-order valence-corrected chi connectivity index (χ3v) is 3.98. The minimum Gasteiger partial charge on any atom is -0.314 e. The van der Waals surface area contributed by atoms with Crippen LogP contribution >= 0.6 is 0 Å². The van der Waals surface area contributed by atoms with Gasteiger partial charge >= 0.3 is 0 Å². The number of carbonyl (C=O) groups is 1. The highest BCUT2D eigenvalue weighted by Crippen LogP contribution is 2.24. The standard InChI is InChI=1S/C17H26N2O/c1-13-5-6-14(17(2,3)4)11-15(13)16(20)12-19-9-7-18-8-10-19/h5-6,11,18H,7-10,12H2,1-4H3. The van der Waals surface area contributed by atoms with Crippen molar-refractivity contribution in [2.24, 2.45) is 0 Å². The summed E-state index contributed by atoms with van der Waals surface area (Å²) in [6.07, 6.45) is 0. The molecule has 1 heterocycles. The minimum absolute atomic E-state index is 0.0811. The van der Waals surface area contributed by atoms with E-state index in [4.69, 9.17) is 0 Å². The van der Waals surface area contributed by atoms with Crippen LogP contribution in [0.2, 0.25) is 0 Å². The monoisotopic (exact) mass is 274 g/mol. The molecule has 3 heteroatoms. The maximum absolute atomic E-state index is 12.6. The van der Waals surface area contributed by atoms with Crippen LogP contribution < -0.4 is 5.32 Å². The van der Waals surface area contributed by atoms with Crippen LogP contribution in [0.5, 0.6) is 0 Å². The summed E-state index contributed by atoms with van der Waals surface area (Å²) in [5.41, 5.74) is 3.28. The second-order valence-corrected chi connectivity index (χ2v) is 6.73. The number of hydrogen-bond donors (Lipinski definition) is 1. The van der Waals surface area contributed by atoms with E-state index in [9.17, 15) is 4.79 Å². The number of aryl methyl sites for hydroxylation is 1. The third kappa shape index (κ3) is 3.68. The van der Waals surface area contributed by atoms with E-state index in [2.05, 4.69) is 49.2 Å². The van der Waals surface area contributed by atoms with E-state index in [0.29, 0.717) is 6.54 Å². The molecule has 0 aromatic heterocycles. The lowest BCUT2D eigenvalue weighted by Crippen LogP contribution is -2.45. The van der Waals surface area contributed by atoms with Crippen LogP contribution in [0.15, 0.2) is 18.2 Å². The summed E-state index contributed by atoms with van der Waals surface area (Å²) in [7, 11) is 0. The van der Waals surface area contributed by atoms with E-state index >= 15 is 0 Å². The molecule has 1 saturated heterocycles. The van der Waals surface area contributed by atoms with Crippen molar-refractivity contribution in [3.63, 3.8) is 0 Å². The molecule has 1 aliphatic heterocycles. The van der Waals surface area contributed by atoms with Gasteiger partial charge in [0, 0.05) is 31.7 Å². The first-order valence-corrected chi connectivity index (χ1v) is 7.45. The number of piperazine rings is 1. The maximum atomic E-state index is 12.6. The lowest BCUT2D eigenvalue weighted by atomic mass is 9.84. The summed E-state index contributed by atoms with van der Waals surface area (Å²) in [6.45, 7) is 13.0. The van der Waals surface area contributed by atoms with Crippen LogP contribution in [0.3, 0.4) is 0 Å². The molecule has 0 amide bonds. The van der Waals surface area contributed by atoms with E-state index in [1.54, 1.807) is 0 Å². The van der Waals surface area contributed by atoms with Gasteiger partial charge in [-0.25, -0.2) is 0 Å². The Morgan fingerprint density at radius 3 is 2.50 bits per heavy atom. The molecule has 1 aromatic rings. The van der Waals surface area contributed by atoms with Crippen molar-refractivity contribution in [3.8, 4) is 0 Å². The summed E-state index contributed by atoms with van der Waals surface area (Å²) < 4.78 is 0. The van der Waals surface area contributed by atoms with Gasteiger partial charge in [-0.3, -0.25) is 9.69 Å². The van der Waals surface area contributed by atoms with Crippen LogP contribution in [0.25, 0.3) is 0 Å². The quantitative estimate of drug-likeness (QED) is 0.859. The molecule has 20 heavy (non-hydrogen) atoms. The molecule has 0 spiro atoms. The van der Waals surface area contributed by atoms with Crippen molar-refractivity contribution in [3.05, 3.63) is 34.9 Å². The van der Waals surface area contributed by atoms with Crippen molar-refractivity contribution < 1.29 is 4.79 Å². The van der Waals surface area contributed by atoms with E-state index in [0.717, 1.165) is 37.3 Å². The van der Waals surface area contributed by atoms with Gasteiger partial charge < -0.3 is 5.32 Å². The van der Waals surface area contributed by atoms with E-state index in [-0.39, 0.29) is 11.2 Å². The zero-order valence-electron chi connectivity index (χ0n) is 13.1. The molecule has 110 valence electrons. The normalized spacial score (nSPS) is 17.2. The van der Waals surface area contributed by atoms with Gasteiger partial charge in [-0.05, 0) is 29.5 Å². The highest BCUT2D eigenvalue weighted by Gasteiger charge is 2.19. The molecule has 0 unspecified atom stereocenters. The Morgan fingerprint density at radius 1 is 1.25 bits per heavy atom. The van der Waals surface area contributed by atoms with Crippen molar-refractivity contribution >= 4 is 5.78 Å². The number of hydrogen-bond acceptors (Lipinski definition) is 3. The summed E-state index contributed by atoms with van der Waals surface area (Å²) in [4.78, 5) is 14.8. The largest absolute Gasteiger partial charge is 0.314 e. The molecule has 1 aromatic carbocycles. The van der Waals surface area contributed by atoms with Crippen molar-refractivity contribution in [1.82, 2.24) is 10.2 Å². The van der Waals surface area contributed by atoms with Crippen molar-refractivity contribution in [2.45, 2.75) is 33.1 Å². The van der Waals surface area contributed by atoms with Crippen LogP contribution in [0.4, 0.5) is 0 Å². The first kappa shape index (κ1) is 15.2. The number of ketones is 1. The van der Waals surface area contributed by atoms with Gasteiger partial charge in [0.2, 0.25) is 0 Å². The zero-order chi connectivity index (χ0) is 14.8. The molecular weight excluding hydrogens is 248 g/mol. The molecular formula is C17H26N2O. The number of rotatable bonds is 3. The highest BCUT2D eigenvalue weighted by atomic mass is 16.1. The van der Waals surface area contributed by atoms with Gasteiger partial charge in [0.25, 0.3) is 0 Å². The Hall–Kier alpha value is -1.19. The fourth-order valence-electron chi connectivity index (χ4n) is 2.55. The molecule has 1 aliphatic rings. The number of carbonyl (C=O) groups excluding carboxylic acids is 1. The Morgan fingerprint density at radius 2 is 1.90 bits per heavy atom. The van der Waals surface area contributed by atoms with E-state index in [1.807, 2.05) is 6.92 Å². The van der Waals surface area contributed by atoms with Crippen molar-refractivity contribution in [1.29, 1.82) is 0 Å². The van der Waals surface area contributed by atoms with Gasteiger partial charge in [0.15, 0.2) is 5.78 Å². The number of Topliss-reactive ketones (excluding diaryl/α,β-unsaturated/α-hetero) is 1. The minimum atomic E-state index is 0.0811. The Labute approximate surface area is 122 Å². The van der Waals surface area contributed by atoms with Gasteiger partial charge in [-0.2, -0.15) is 0 Å². The molecule has 2 rings (SSSR count). The second kappa shape index (κ2) is 6.06. The topological polar surface area (TPSA) is 32.3 Å². The molecule has 0 bridgehead atoms. The first-order valence-electron chi connectivity index (χ1n) is 7.45. The summed E-state index contributed by atoms with van der Waals surface area (Å²) in [5, 5.41) is 3.32. The zero-order valence-corrected chi connectivity index (χ0v) is 13.1. The van der Waals surface area contributed by atoms with Crippen LogP contribution in [0, 0.1) is 6.92 Å². The Bertz CT molecular complexity index is 482. The van der Waals surface area contributed by atoms with Crippen LogP contribution in [-0.4, -0.2) is 43.4 Å². The van der Waals surface area contributed by atoms with Crippen molar-refractivity contribution in [2.75, 3.05) is 32.7 Å². The average molecular weight is 274 g/mol. The maximum Gasteiger partial charge on any atom is 0.177 e. The molecule has 0 radical (unpaired) electrons. The predicted molar refractivity (Wildman–Crippen MR) is 83.5 cm³/mol. The summed E-state index contributed by atoms with van der Waals surface area (Å²) in [5.74, 6) is 0.246. The molecule has 1 fully saturated rings. The fraction of sp³-hybridized carbons (Fsp3) is 0.588. The smallest absolute Gasteiger partial charge is 0.177 e. The van der Waals surface area contributed by atoms with Gasteiger partial charge in [0.05, 0.1) is 6.54 Å². The summed E-state index contributed by atoms with van der Waals surface area (Å²) >= 11 is 0. The first-order chi connectivity index (χ1) is 9.38. The number of nitrogens with one attached hydrogen (secondary N) is 1. The van der Waals surface area contributed by atoms with Crippen LogP contribution in [-0.2, 0) is 5.41 Å². The molecule has 0 saturated carbocycles. The molecule has 0 atom stereocenters. The van der Waals surface area contributed by atoms with E-state index < -0.39 is 0 Å². The lowest BCUT2D eigenvalue weighted by Gasteiger charge is -2.27. The average Bonchev–Trinajstić information content (AvgIpc) is 2.39. The molecule has 0 aliphatic carbocycles. The predicted octanol–water partition coefficient (Wildman–Crippen LogP) is 2.38. The fourth-order valence-corrected chi connectivity index (χ4v) is 2.55. The second-order valence-electron chi connectivity index (χ2n) is 6.73. The van der Waals surface area contributed by atoms with Crippen LogP contribution in [0.1, 0.15) is 42.3 Å². The molecule has 1 N–H and O–H groups in total. The van der Waals surface area contributed by atoms with Gasteiger partial charge in [-0.1, -0.05) is 32.9 Å².